The molecule has 0 radical (unpaired) electrons. The summed E-state index contributed by atoms with van der Waals surface area (Å²) in [5.41, 5.74) is 0. The summed E-state index contributed by atoms with van der Waals surface area (Å²) in [6.45, 7) is 3.82. The molecule has 0 amide bonds. The molecule has 2 aromatic rings. The monoisotopic (exact) mass is 331 g/mol. The van der Waals surface area contributed by atoms with E-state index < -0.39 is 10.0 Å². The van der Waals surface area contributed by atoms with Gasteiger partial charge in [0.1, 0.15) is 0 Å². The summed E-state index contributed by atoms with van der Waals surface area (Å²) in [5.74, 6) is 0. The van der Waals surface area contributed by atoms with Gasteiger partial charge >= 0.3 is 0 Å². The van der Waals surface area contributed by atoms with Crippen LogP contribution < -0.4 is 0 Å². The van der Waals surface area contributed by atoms with E-state index in [0.29, 0.717) is 11.4 Å². The van der Waals surface area contributed by atoms with Crippen molar-refractivity contribution in [2.45, 2.75) is 37.9 Å². The van der Waals surface area contributed by atoms with Crippen molar-refractivity contribution in [2.75, 3.05) is 0 Å². The average molecular weight is 331 g/mol. The summed E-state index contributed by atoms with van der Waals surface area (Å²) in [4.78, 5) is 1.71. The maximum atomic E-state index is 12.8. The van der Waals surface area contributed by atoms with Crippen LogP contribution in [0.5, 0.6) is 0 Å². The zero-order valence-electron chi connectivity index (χ0n) is 11.3. The molecule has 0 unspecified atom stereocenters. The van der Waals surface area contributed by atoms with Gasteiger partial charge in [0.15, 0.2) is 0 Å². The van der Waals surface area contributed by atoms with Gasteiger partial charge in [-0.1, -0.05) is 6.07 Å². The minimum atomic E-state index is -3.59. The summed E-state index contributed by atoms with van der Waals surface area (Å²) in [7, 11) is -3.59. The first kappa shape index (κ1) is 15.7. The number of sulfonamides is 1. The van der Waals surface area contributed by atoms with Crippen LogP contribution in [0.1, 0.15) is 23.6 Å². The normalized spacial score (nSPS) is 12.4. The molecule has 0 fully saturated rings. The number of hydrogen-bond acceptors (Lipinski definition) is 5. The fourth-order valence-electron chi connectivity index (χ4n) is 1.90. The number of aliphatic hydroxyl groups is 1. The van der Waals surface area contributed by atoms with E-state index in [1.807, 2.05) is 31.4 Å². The third-order valence-electron chi connectivity index (χ3n) is 2.90. The summed E-state index contributed by atoms with van der Waals surface area (Å²) in [6.07, 6.45) is 0. The van der Waals surface area contributed by atoms with Gasteiger partial charge in [-0.05, 0) is 36.7 Å². The van der Waals surface area contributed by atoms with Gasteiger partial charge in [0.25, 0.3) is 0 Å². The molecule has 0 saturated heterocycles. The molecule has 0 aromatic carbocycles. The number of nitrogens with zero attached hydrogens (tertiary/aromatic N) is 1. The van der Waals surface area contributed by atoms with Crippen LogP contribution in [0.4, 0.5) is 0 Å². The minimum Gasteiger partial charge on any atom is -0.391 e. The van der Waals surface area contributed by atoms with Crippen LogP contribution in [0.3, 0.4) is 0 Å². The smallest absolute Gasteiger partial charge is 0.244 e. The van der Waals surface area contributed by atoms with E-state index in [1.54, 1.807) is 11.4 Å². The maximum absolute atomic E-state index is 12.8. The first-order valence-corrected chi connectivity index (χ1v) is 9.38. The summed E-state index contributed by atoms with van der Waals surface area (Å²) in [6, 6.07) is 5.26. The lowest BCUT2D eigenvalue weighted by Crippen LogP contribution is -2.36. The molecule has 1 N–H and O–H groups in total. The van der Waals surface area contributed by atoms with E-state index >= 15 is 0 Å². The molecule has 0 spiro atoms. The van der Waals surface area contributed by atoms with E-state index in [1.165, 1.54) is 27.0 Å². The van der Waals surface area contributed by atoms with Crippen molar-refractivity contribution in [1.29, 1.82) is 0 Å². The molecule has 2 aromatic heterocycles. The molecule has 0 atom stereocenters. The molecule has 0 aliphatic heterocycles. The van der Waals surface area contributed by atoms with Crippen LogP contribution >= 0.6 is 22.7 Å². The van der Waals surface area contributed by atoms with Gasteiger partial charge in [0.2, 0.25) is 10.0 Å². The molecule has 0 saturated carbocycles. The molecule has 7 heteroatoms. The Kier molecular flexibility index (Phi) is 4.98. The molecule has 2 heterocycles. The van der Waals surface area contributed by atoms with E-state index in [0.717, 1.165) is 4.88 Å². The molecular formula is C13H17NO3S3. The highest BCUT2D eigenvalue weighted by Gasteiger charge is 2.30. The molecule has 0 aliphatic carbocycles. The summed E-state index contributed by atoms with van der Waals surface area (Å²) >= 11 is 2.80. The van der Waals surface area contributed by atoms with E-state index in [9.17, 15) is 13.5 Å². The minimum absolute atomic E-state index is 0.145. The van der Waals surface area contributed by atoms with Crippen molar-refractivity contribution in [1.82, 2.24) is 4.31 Å². The molecule has 110 valence electrons. The second-order valence-electron chi connectivity index (χ2n) is 4.59. The van der Waals surface area contributed by atoms with Crippen molar-refractivity contribution >= 4 is 32.7 Å². The van der Waals surface area contributed by atoms with Crippen molar-refractivity contribution in [3.63, 3.8) is 0 Å². The number of thiophene rings is 2. The fourth-order valence-corrected chi connectivity index (χ4v) is 5.57. The highest BCUT2D eigenvalue weighted by molar-refractivity contribution is 7.89. The predicted molar refractivity (Wildman–Crippen MR) is 82.4 cm³/mol. The predicted octanol–water partition coefficient (Wildman–Crippen LogP) is 2.90. The van der Waals surface area contributed by atoms with Gasteiger partial charge in [-0.25, -0.2) is 8.42 Å². The quantitative estimate of drug-likeness (QED) is 0.885. The van der Waals surface area contributed by atoms with E-state index in [2.05, 4.69) is 0 Å². The largest absolute Gasteiger partial charge is 0.391 e. The van der Waals surface area contributed by atoms with Crippen molar-refractivity contribution in [3.8, 4) is 0 Å². The second-order valence-corrected chi connectivity index (χ2v) is 8.48. The highest BCUT2D eigenvalue weighted by atomic mass is 32.2. The van der Waals surface area contributed by atoms with E-state index in [-0.39, 0.29) is 17.5 Å². The Hall–Kier alpha value is -0.730. The van der Waals surface area contributed by atoms with Crippen molar-refractivity contribution in [2.24, 2.45) is 0 Å². The Morgan fingerprint density at radius 2 is 2.00 bits per heavy atom. The lowest BCUT2D eigenvalue weighted by molar-refractivity contribution is 0.281. The molecular weight excluding hydrogens is 314 g/mol. The average Bonchev–Trinajstić information content (AvgIpc) is 3.06. The number of aliphatic hydroxyl groups excluding tert-OH is 1. The number of rotatable bonds is 6. The van der Waals surface area contributed by atoms with Gasteiger partial charge in [0.05, 0.1) is 11.5 Å². The van der Waals surface area contributed by atoms with Gasteiger partial charge in [-0.2, -0.15) is 4.31 Å². The lowest BCUT2D eigenvalue weighted by atomic mass is 10.4. The second kappa shape index (κ2) is 6.36. The Morgan fingerprint density at radius 3 is 2.55 bits per heavy atom. The standard InChI is InChI=1S/C13H17NO3S3/c1-10(2)14(8-11-4-3-6-18-11)20(16,17)13-5-7-19-12(13)9-15/h3-7,10,15H,8-9H2,1-2H3. The SMILES string of the molecule is CC(C)N(Cc1cccs1)S(=O)(=O)c1ccsc1CO. The first-order chi connectivity index (χ1) is 9.46. The molecule has 2 rings (SSSR count). The third kappa shape index (κ3) is 3.12. The van der Waals surface area contributed by atoms with Crippen LogP contribution in [0.25, 0.3) is 0 Å². The van der Waals surface area contributed by atoms with Gasteiger partial charge in [-0.3, -0.25) is 0 Å². The van der Waals surface area contributed by atoms with Crippen LogP contribution in [-0.2, 0) is 23.2 Å². The summed E-state index contributed by atoms with van der Waals surface area (Å²) in [5, 5.41) is 12.9. The van der Waals surface area contributed by atoms with Crippen LogP contribution in [0.2, 0.25) is 0 Å². The van der Waals surface area contributed by atoms with E-state index in [4.69, 9.17) is 0 Å². The first-order valence-electron chi connectivity index (χ1n) is 6.18. The van der Waals surface area contributed by atoms with Crippen LogP contribution in [-0.4, -0.2) is 23.9 Å². The Morgan fingerprint density at radius 1 is 1.25 bits per heavy atom. The maximum Gasteiger partial charge on any atom is 0.244 e. The molecule has 4 nitrogen and oxygen atoms in total. The Bertz CT molecular complexity index is 644. The fraction of sp³-hybridized carbons (Fsp3) is 0.385. The van der Waals surface area contributed by atoms with Crippen molar-refractivity contribution in [3.05, 3.63) is 38.7 Å². The number of hydrogen-bond donors (Lipinski definition) is 1. The molecule has 20 heavy (non-hydrogen) atoms. The van der Waals surface area contributed by atoms with Gasteiger partial charge in [0, 0.05) is 22.3 Å². The van der Waals surface area contributed by atoms with Crippen LogP contribution in [0.15, 0.2) is 33.9 Å². The van der Waals surface area contributed by atoms with Crippen LogP contribution in [0, 0.1) is 0 Å². The molecule has 0 bridgehead atoms. The Labute approximate surface area is 127 Å². The van der Waals surface area contributed by atoms with Gasteiger partial charge in [-0.15, -0.1) is 22.7 Å². The lowest BCUT2D eigenvalue weighted by Gasteiger charge is -2.25. The molecule has 0 aliphatic rings. The highest BCUT2D eigenvalue weighted by Crippen LogP contribution is 2.28. The zero-order chi connectivity index (χ0) is 14.8. The topological polar surface area (TPSA) is 57.6 Å². The zero-order valence-corrected chi connectivity index (χ0v) is 13.8. The third-order valence-corrected chi connectivity index (χ3v) is 6.91. The summed E-state index contributed by atoms with van der Waals surface area (Å²) < 4.78 is 27.0. The van der Waals surface area contributed by atoms with Gasteiger partial charge < -0.3 is 5.11 Å². The Balaban J connectivity index is 2.37. The van der Waals surface area contributed by atoms with Crippen molar-refractivity contribution < 1.29 is 13.5 Å².